The van der Waals surface area contributed by atoms with E-state index >= 15 is 0 Å². The lowest BCUT2D eigenvalue weighted by Crippen LogP contribution is -2.16. The summed E-state index contributed by atoms with van der Waals surface area (Å²) in [6.45, 7) is 0. The zero-order valence-electron chi connectivity index (χ0n) is 7.02. The maximum Gasteiger partial charge on any atom is 0.364 e. The summed E-state index contributed by atoms with van der Waals surface area (Å²) < 4.78 is 0. The first kappa shape index (κ1) is 10.4. The van der Waals surface area contributed by atoms with Gasteiger partial charge >= 0.3 is 5.84 Å². The van der Waals surface area contributed by atoms with Crippen LogP contribution >= 0.6 is 0 Å². The van der Waals surface area contributed by atoms with Crippen molar-refractivity contribution in [2.24, 2.45) is 5.10 Å². The lowest BCUT2D eigenvalue weighted by Gasteiger charge is -1.98. The van der Waals surface area contributed by atoms with E-state index in [-0.39, 0.29) is 18.7 Å². The zero-order chi connectivity index (χ0) is 9.56. The second-order valence-corrected chi connectivity index (χ2v) is 2.28. The van der Waals surface area contributed by atoms with Crippen molar-refractivity contribution in [3.63, 3.8) is 0 Å². The third kappa shape index (κ3) is 4.22. The Labute approximate surface area is 70.2 Å². The van der Waals surface area contributed by atoms with Crippen LogP contribution in [0, 0.1) is 21.4 Å². The maximum absolute atomic E-state index is 10.3. The Balaban J connectivity index is 4.25. The minimum atomic E-state index is -0.572. The fourth-order valence-electron chi connectivity index (χ4n) is 0.576. The highest BCUT2D eigenvalue weighted by Gasteiger charge is 2.12. The lowest BCUT2D eigenvalue weighted by atomic mass is 10.3. The molecule has 0 heterocycles. The van der Waals surface area contributed by atoms with Crippen LogP contribution in [0.5, 0.6) is 0 Å². The highest BCUT2D eigenvalue weighted by Crippen LogP contribution is 1.94. The third-order valence-corrected chi connectivity index (χ3v) is 0.987. The Hall–Kier alpha value is -1.64. The van der Waals surface area contributed by atoms with Crippen molar-refractivity contribution < 1.29 is 4.92 Å². The number of hydrazone groups is 1. The van der Waals surface area contributed by atoms with Gasteiger partial charge in [0.05, 0.1) is 12.5 Å². The van der Waals surface area contributed by atoms with Gasteiger partial charge in [0, 0.05) is 25.6 Å². The maximum atomic E-state index is 10.3. The van der Waals surface area contributed by atoms with Gasteiger partial charge in [-0.05, 0) is 4.92 Å². The van der Waals surface area contributed by atoms with E-state index < -0.39 is 4.92 Å². The van der Waals surface area contributed by atoms with Gasteiger partial charge in [0.2, 0.25) is 0 Å². The quantitative estimate of drug-likeness (QED) is 0.266. The largest absolute Gasteiger partial charge is 0.364 e. The average Bonchev–Trinajstić information content (AvgIpc) is 1.96. The van der Waals surface area contributed by atoms with E-state index in [1.165, 1.54) is 5.01 Å². The van der Waals surface area contributed by atoms with Crippen LogP contribution in [-0.2, 0) is 0 Å². The molecule has 0 aromatic carbocycles. The standard InChI is InChI=1S/C6H10N4O2/c1-9(2)8-6(10(11)12)4-3-5-7/h3-4H2,1-2H3/b8-6-. The van der Waals surface area contributed by atoms with Crippen LogP contribution in [0.15, 0.2) is 5.10 Å². The van der Waals surface area contributed by atoms with Crippen LogP contribution in [0.1, 0.15) is 12.8 Å². The van der Waals surface area contributed by atoms with Crippen molar-refractivity contribution >= 4 is 5.84 Å². The second-order valence-electron chi connectivity index (χ2n) is 2.28. The van der Waals surface area contributed by atoms with Crippen molar-refractivity contribution in [3.8, 4) is 6.07 Å². The van der Waals surface area contributed by atoms with E-state index in [1.807, 2.05) is 6.07 Å². The normalized spacial score (nSPS) is 10.6. The Morgan fingerprint density at radius 1 is 1.75 bits per heavy atom. The second kappa shape index (κ2) is 5.07. The summed E-state index contributed by atoms with van der Waals surface area (Å²) in [6.07, 6.45) is 0.204. The van der Waals surface area contributed by atoms with Gasteiger partial charge in [-0.1, -0.05) is 0 Å². The van der Waals surface area contributed by atoms with Crippen LogP contribution in [0.3, 0.4) is 0 Å². The first-order valence-corrected chi connectivity index (χ1v) is 3.34. The van der Waals surface area contributed by atoms with E-state index in [0.717, 1.165) is 0 Å². The molecule has 0 aliphatic heterocycles. The van der Waals surface area contributed by atoms with Gasteiger partial charge in [-0.3, -0.25) is 0 Å². The molecule has 12 heavy (non-hydrogen) atoms. The fraction of sp³-hybridized carbons (Fsp3) is 0.667. The molecule has 0 spiro atoms. The molecule has 0 atom stereocenters. The topological polar surface area (TPSA) is 82.5 Å². The molecule has 0 saturated heterocycles. The van der Waals surface area contributed by atoms with Crippen LogP contribution in [-0.4, -0.2) is 29.9 Å². The number of amidine groups is 1. The SMILES string of the molecule is CN(C)/N=C(/CCC#N)[N+](=O)[O-]. The fourth-order valence-corrected chi connectivity index (χ4v) is 0.576. The molecule has 66 valence electrons. The summed E-state index contributed by atoms with van der Waals surface area (Å²) in [6, 6.07) is 1.82. The molecular weight excluding hydrogens is 160 g/mol. The molecule has 0 amide bonds. The lowest BCUT2D eigenvalue weighted by molar-refractivity contribution is -0.354. The Kier molecular flexibility index (Phi) is 4.38. The molecule has 0 aromatic rings. The average molecular weight is 170 g/mol. The molecule has 0 aliphatic carbocycles. The molecular formula is C6H10N4O2. The number of nitro groups is 1. The van der Waals surface area contributed by atoms with E-state index in [2.05, 4.69) is 5.10 Å². The highest BCUT2D eigenvalue weighted by atomic mass is 16.6. The van der Waals surface area contributed by atoms with Crippen LogP contribution in [0.25, 0.3) is 0 Å². The molecule has 0 aliphatic rings. The van der Waals surface area contributed by atoms with Gasteiger partial charge in [-0.15, -0.1) is 0 Å². The summed E-state index contributed by atoms with van der Waals surface area (Å²) in [5.41, 5.74) is 0. The number of hydrogen-bond acceptors (Lipinski definition) is 5. The van der Waals surface area contributed by atoms with Gasteiger partial charge < -0.3 is 10.1 Å². The highest BCUT2D eigenvalue weighted by molar-refractivity contribution is 5.73. The van der Waals surface area contributed by atoms with Crippen LogP contribution in [0.4, 0.5) is 0 Å². The Morgan fingerprint density at radius 3 is 2.67 bits per heavy atom. The molecule has 0 bridgehead atoms. The van der Waals surface area contributed by atoms with Gasteiger partial charge in [-0.25, -0.2) is 5.01 Å². The Morgan fingerprint density at radius 2 is 2.33 bits per heavy atom. The molecule has 0 aromatic heterocycles. The van der Waals surface area contributed by atoms with Crippen molar-refractivity contribution in [1.82, 2.24) is 5.01 Å². The zero-order valence-corrected chi connectivity index (χ0v) is 7.02. The van der Waals surface area contributed by atoms with Crippen molar-refractivity contribution in [3.05, 3.63) is 10.1 Å². The van der Waals surface area contributed by atoms with E-state index in [9.17, 15) is 10.1 Å². The van der Waals surface area contributed by atoms with Crippen LogP contribution in [0.2, 0.25) is 0 Å². The molecule has 0 radical (unpaired) electrons. The molecule has 6 nitrogen and oxygen atoms in total. The minimum Gasteiger partial charge on any atom is -0.358 e. The summed E-state index contributed by atoms with van der Waals surface area (Å²) >= 11 is 0. The Bertz CT molecular complexity index is 228. The first-order chi connectivity index (χ1) is 5.57. The molecule has 0 N–H and O–H groups in total. The van der Waals surface area contributed by atoms with Crippen molar-refractivity contribution in [2.45, 2.75) is 12.8 Å². The number of rotatable bonds is 3. The van der Waals surface area contributed by atoms with Crippen LogP contribution < -0.4 is 0 Å². The summed E-state index contributed by atoms with van der Waals surface area (Å²) in [4.78, 5) is 9.71. The number of nitriles is 1. The predicted octanol–water partition coefficient (Wildman–Crippen LogP) is 0.442. The van der Waals surface area contributed by atoms with Crippen molar-refractivity contribution in [1.29, 1.82) is 5.26 Å². The molecule has 0 saturated carbocycles. The summed E-state index contributed by atoms with van der Waals surface area (Å²) in [7, 11) is 3.19. The first-order valence-electron chi connectivity index (χ1n) is 3.34. The van der Waals surface area contributed by atoms with Crippen molar-refractivity contribution in [2.75, 3.05) is 14.1 Å². The number of nitrogens with zero attached hydrogens (tertiary/aromatic N) is 4. The van der Waals surface area contributed by atoms with Gasteiger partial charge in [-0.2, -0.15) is 5.26 Å². The summed E-state index contributed by atoms with van der Waals surface area (Å²) in [5.74, 6) is -0.179. The smallest absolute Gasteiger partial charge is 0.358 e. The molecule has 0 rings (SSSR count). The predicted molar refractivity (Wildman–Crippen MR) is 43.0 cm³/mol. The van der Waals surface area contributed by atoms with E-state index in [0.29, 0.717) is 0 Å². The monoisotopic (exact) mass is 170 g/mol. The molecule has 0 fully saturated rings. The third-order valence-electron chi connectivity index (χ3n) is 0.987. The minimum absolute atomic E-state index is 0.0850. The van der Waals surface area contributed by atoms with Gasteiger partial charge in [0.1, 0.15) is 0 Å². The number of hydrogen-bond donors (Lipinski definition) is 0. The molecule has 6 heteroatoms. The van der Waals surface area contributed by atoms with Gasteiger partial charge in [0.15, 0.2) is 0 Å². The van der Waals surface area contributed by atoms with Gasteiger partial charge in [0.25, 0.3) is 0 Å². The van der Waals surface area contributed by atoms with E-state index in [4.69, 9.17) is 5.26 Å². The van der Waals surface area contributed by atoms with E-state index in [1.54, 1.807) is 14.1 Å². The summed E-state index contributed by atoms with van der Waals surface area (Å²) in [5, 5.41) is 23.4. The molecule has 0 unspecified atom stereocenters.